The summed E-state index contributed by atoms with van der Waals surface area (Å²) in [5.74, 6) is -0.132. The van der Waals surface area contributed by atoms with Crippen molar-refractivity contribution in [1.82, 2.24) is 9.88 Å². The number of para-hydroxylation sites is 1. The number of anilines is 2. The molecule has 0 atom stereocenters. The van der Waals surface area contributed by atoms with E-state index < -0.39 is 0 Å². The topological polar surface area (TPSA) is 48.5 Å². The highest BCUT2D eigenvalue weighted by atomic mass is 16.1. The highest BCUT2D eigenvalue weighted by Crippen LogP contribution is 2.17. The molecule has 1 amide bonds. The minimum Gasteiger partial charge on any atom is -0.369 e. The smallest absolute Gasteiger partial charge is 0.257 e. The van der Waals surface area contributed by atoms with Crippen molar-refractivity contribution in [2.45, 2.75) is 6.42 Å². The summed E-state index contributed by atoms with van der Waals surface area (Å²) in [6.45, 7) is 5.30. The summed E-state index contributed by atoms with van der Waals surface area (Å²) in [5.41, 5.74) is 3.93. The fourth-order valence-electron chi connectivity index (χ4n) is 3.66. The van der Waals surface area contributed by atoms with Crippen LogP contribution in [-0.2, 0) is 6.42 Å². The first-order valence-electron chi connectivity index (χ1n) is 10.1. The molecule has 0 saturated carbocycles. The van der Waals surface area contributed by atoms with E-state index in [0.29, 0.717) is 5.56 Å². The number of amides is 1. The van der Waals surface area contributed by atoms with Crippen LogP contribution in [0.1, 0.15) is 15.9 Å². The number of piperazine rings is 1. The van der Waals surface area contributed by atoms with Crippen molar-refractivity contribution in [3.8, 4) is 0 Å². The van der Waals surface area contributed by atoms with Crippen LogP contribution in [0.15, 0.2) is 79.1 Å². The molecule has 0 aliphatic carbocycles. The standard InChI is InChI=1S/C24H26N4O/c29-24(21-7-5-12-25-19-21)26-22-8-4-6-20(18-22)11-13-27-14-16-28(17-15-27)23-9-2-1-3-10-23/h1-10,12,18-19H,11,13-17H2,(H,26,29). The van der Waals surface area contributed by atoms with Gasteiger partial charge in [-0.3, -0.25) is 14.7 Å². The van der Waals surface area contributed by atoms with Crippen LogP contribution in [0.25, 0.3) is 0 Å². The summed E-state index contributed by atoms with van der Waals surface area (Å²) in [6.07, 6.45) is 4.22. The second-order valence-corrected chi connectivity index (χ2v) is 7.31. The van der Waals surface area contributed by atoms with Gasteiger partial charge in [-0.05, 0) is 48.4 Å². The van der Waals surface area contributed by atoms with E-state index in [1.807, 2.05) is 12.1 Å². The van der Waals surface area contributed by atoms with Gasteiger partial charge < -0.3 is 10.2 Å². The third-order valence-electron chi connectivity index (χ3n) is 5.32. The van der Waals surface area contributed by atoms with Crippen molar-refractivity contribution in [3.05, 3.63) is 90.3 Å². The summed E-state index contributed by atoms with van der Waals surface area (Å²) in [7, 11) is 0. The van der Waals surface area contributed by atoms with E-state index in [0.717, 1.165) is 44.8 Å². The fraction of sp³-hybridized carbons (Fsp3) is 0.250. The van der Waals surface area contributed by atoms with Crippen molar-refractivity contribution in [2.75, 3.05) is 42.9 Å². The molecule has 1 aromatic heterocycles. The number of aromatic nitrogens is 1. The number of hydrogen-bond donors (Lipinski definition) is 1. The van der Waals surface area contributed by atoms with E-state index in [1.54, 1.807) is 24.5 Å². The van der Waals surface area contributed by atoms with Crippen molar-refractivity contribution in [3.63, 3.8) is 0 Å². The number of carbonyl (C=O) groups is 1. The molecule has 1 aliphatic rings. The van der Waals surface area contributed by atoms with Crippen LogP contribution < -0.4 is 10.2 Å². The Kier molecular flexibility index (Phi) is 6.17. The minimum absolute atomic E-state index is 0.132. The number of hydrogen-bond acceptors (Lipinski definition) is 4. The molecule has 1 aliphatic heterocycles. The van der Waals surface area contributed by atoms with Gasteiger partial charge >= 0.3 is 0 Å². The van der Waals surface area contributed by atoms with Crippen molar-refractivity contribution < 1.29 is 4.79 Å². The Balaban J connectivity index is 1.27. The number of nitrogens with zero attached hydrogens (tertiary/aromatic N) is 3. The first-order valence-corrected chi connectivity index (χ1v) is 10.1. The van der Waals surface area contributed by atoms with Crippen LogP contribution in [0.2, 0.25) is 0 Å². The molecule has 0 bridgehead atoms. The second kappa shape index (κ2) is 9.34. The molecular formula is C24H26N4O. The lowest BCUT2D eigenvalue weighted by atomic mass is 10.1. The van der Waals surface area contributed by atoms with Gasteiger partial charge in [0.15, 0.2) is 0 Å². The summed E-state index contributed by atoms with van der Waals surface area (Å²) in [6, 6.07) is 22.3. The second-order valence-electron chi connectivity index (χ2n) is 7.31. The molecule has 1 fully saturated rings. The maximum Gasteiger partial charge on any atom is 0.257 e. The van der Waals surface area contributed by atoms with Gasteiger partial charge in [-0.1, -0.05) is 30.3 Å². The van der Waals surface area contributed by atoms with Gasteiger partial charge in [0.25, 0.3) is 5.91 Å². The molecule has 3 aromatic rings. The average molecular weight is 386 g/mol. The quantitative estimate of drug-likeness (QED) is 0.702. The largest absolute Gasteiger partial charge is 0.369 e. The summed E-state index contributed by atoms with van der Waals surface area (Å²) >= 11 is 0. The van der Waals surface area contributed by atoms with Gasteiger partial charge in [-0.25, -0.2) is 0 Å². The molecule has 0 radical (unpaired) electrons. The van der Waals surface area contributed by atoms with Crippen LogP contribution in [-0.4, -0.2) is 48.5 Å². The predicted molar refractivity (Wildman–Crippen MR) is 117 cm³/mol. The molecule has 5 nitrogen and oxygen atoms in total. The first kappa shape index (κ1) is 19.2. The van der Waals surface area contributed by atoms with Gasteiger partial charge in [-0.2, -0.15) is 0 Å². The summed E-state index contributed by atoms with van der Waals surface area (Å²) < 4.78 is 0. The molecule has 1 saturated heterocycles. The van der Waals surface area contributed by atoms with Gasteiger partial charge in [0.05, 0.1) is 5.56 Å². The number of carbonyl (C=O) groups excluding carboxylic acids is 1. The highest BCUT2D eigenvalue weighted by molar-refractivity contribution is 6.04. The molecule has 4 rings (SSSR count). The van der Waals surface area contributed by atoms with E-state index in [2.05, 4.69) is 62.6 Å². The Morgan fingerprint density at radius 3 is 2.52 bits per heavy atom. The average Bonchev–Trinajstić information content (AvgIpc) is 2.79. The Morgan fingerprint density at radius 1 is 0.931 bits per heavy atom. The Hall–Kier alpha value is -3.18. The summed E-state index contributed by atoms with van der Waals surface area (Å²) in [5, 5.41) is 2.96. The molecule has 29 heavy (non-hydrogen) atoms. The zero-order chi connectivity index (χ0) is 19.9. The molecule has 148 valence electrons. The number of benzene rings is 2. The maximum absolute atomic E-state index is 12.3. The van der Waals surface area contributed by atoms with Crippen LogP contribution in [0.4, 0.5) is 11.4 Å². The lowest BCUT2D eigenvalue weighted by Crippen LogP contribution is -2.46. The molecule has 2 heterocycles. The van der Waals surface area contributed by atoms with E-state index in [9.17, 15) is 4.79 Å². The Bertz CT molecular complexity index is 922. The number of rotatable bonds is 6. The normalized spacial score (nSPS) is 14.6. The number of nitrogens with one attached hydrogen (secondary N) is 1. The lowest BCUT2D eigenvalue weighted by Gasteiger charge is -2.36. The highest BCUT2D eigenvalue weighted by Gasteiger charge is 2.16. The van der Waals surface area contributed by atoms with E-state index >= 15 is 0 Å². The van der Waals surface area contributed by atoms with E-state index in [1.165, 1.54) is 11.3 Å². The predicted octanol–water partition coefficient (Wildman–Crippen LogP) is 3.70. The Morgan fingerprint density at radius 2 is 1.76 bits per heavy atom. The Labute approximate surface area is 172 Å². The fourth-order valence-corrected chi connectivity index (χ4v) is 3.66. The van der Waals surface area contributed by atoms with Gasteiger partial charge in [0, 0.05) is 56.5 Å². The molecule has 0 unspecified atom stereocenters. The third-order valence-corrected chi connectivity index (χ3v) is 5.32. The third kappa shape index (κ3) is 5.21. The maximum atomic E-state index is 12.3. The molecular weight excluding hydrogens is 360 g/mol. The first-order chi connectivity index (χ1) is 14.3. The molecule has 1 N–H and O–H groups in total. The molecule has 0 spiro atoms. The van der Waals surface area contributed by atoms with Crippen LogP contribution >= 0.6 is 0 Å². The van der Waals surface area contributed by atoms with Gasteiger partial charge in [0.1, 0.15) is 0 Å². The SMILES string of the molecule is O=C(Nc1cccc(CCN2CCN(c3ccccc3)CC2)c1)c1cccnc1. The molecule has 5 heteroatoms. The van der Waals surface area contributed by atoms with Crippen LogP contribution in [0.3, 0.4) is 0 Å². The zero-order valence-corrected chi connectivity index (χ0v) is 16.5. The van der Waals surface area contributed by atoms with Crippen LogP contribution in [0, 0.1) is 0 Å². The zero-order valence-electron chi connectivity index (χ0n) is 16.5. The minimum atomic E-state index is -0.132. The van der Waals surface area contributed by atoms with Gasteiger partial charge in [-0.15, -0.1) is 0 Å². The summed E-state index contributed by atoms with van der Waals surface area (Å²) in [4.78, 5) is 21.3. The van der Waals surface area contributed by atoms with Crippen molar-refractivity contribution in [1.29, 1.82) is 0 Å². The lowest BCUT2D eigenvalue weighted by molar-refractivity contribution is 0.102. The van der Waals surface area contributed by atoms with E-state index in [4.69, 9.17) is 0 Å². The monoisotopic (exact) mass is 386 g/mol. The number of pyridine rings is 1. The van der Waals surface area contributed by atoms with Crippen LogP contribution in [0.5, 0.6) is 0 Å². The van der Waals surface area contributed by atoms with E-state index in [-0.39, 0.29) is 5.91 Å². The molecule has 2 aromatic carbocycles. The van der Waals surface area contributed by atoms with Gasteiger partial charge in [0.2, 0.25) is 0 Å². The van der Waals surface area contributed by atoms with Crippen molar-refractivity contribution >= 4 is 17.3 Å². The van der Waals surface area contributed by atoms with Crippen molar-refractivity contribution in [2.24, 2.45) is 0 Å².